The highest BCUT2D eigenvalue weighted by Crippen LogP contribution is 2.18. The Hall–Kier alpha value is -2.22. The van der Waals surface area contributed by atoms with Crippen LogP contribution in [0, 0.1) is 0 Å². The number of rotatable bonds is 6. The van der Waals surface area contributed by atoms with Crippen LogP contribution in [0.1, 0.15) is 6.42 Å². The van der Waals surface area contributed by atoms with Crippen LogP contribution < -0.4 is 10.1 Å². The molecular weight excluding hydrogens is 326 g/mol. The van der Waals surface area contributed by atoms with E-state index in [-0.39, 0.29) is 12.1 Å². The van der Waals surface area contributed by atoms with E-state index in [1.54, 1.807) is 23.0 Å². The molecule has 128 valence electrons. The molecule has 1 aromatic carbocycles. The maximum absolute atomic E-state index is 12.2. The molecular formula is C16H21N5O2S. The number of carbonyl (C=O) groups excluding carboxylic acids is 1. The number of thioether (sulfide) groups is 1. The van der Waals surface area contributed by atoms with E-state index in [9.17, 15) is 4.79 Å². The first-order valence-electron chi connectivity index (χ1n) is 7.93. The molecule has 24 heavy (non-hydrogen) atoms. The van der Waals surface area contributed by atoms with Crippen LogP contribution in [0.15, 0.2) is 41.8 Å². The summed E-state index contributed by atoms with van der Waals surface area (Å²) in [4.78, 5) is 14.0. The van der Waals surface area contributed by atoms with Gasteiger partial charge < -0.3 is 19.5 Å². The number of carbonyl (C=O) groups is 1. The monoisotopic (exact) mass is 347 g/mol. The van der Waals surface area contributed by atoms with Crippen LogP contribution in [0.3, 0.4) is 0 Å². The molecule has 2 aromatic rings. The van der Waals surface area contributed by atoms with E-state index in [4.69, 9.17) is 4.74 Å². The first kappa shape index (κ1) is 16.6. The molecule has 0 unspecified atom stereocenters. The molecule has 1 fully saturated rings. The largest absolute Gasteiger partial charge is 0.489 e. The minimum Gasteiger partial charge on any atom is -0.489 e. The zero-order chi connectivity index (χ0) is 16.8. The number of hydrogen-bond donors (Lipinski definition) is 1. The molecule has 3 rings (SSSR count). The van der Waals surface area contributed by atoms with Crippen molar-refractivity contribution in [3.8, 4) is 5.75 Å². The molecule has 0 radical (unpaired) electrons. The van der Waals surface area contributed by atoms with Gasteiger partial charge >= 0.3 is 6.03 Å². The molecule has 1 aliphatic heterocycles. The van der Waals surface area contributed by atoms with E-state index in [0.717, 1.165) is 29.6 Å². The zero-order valence-corrected chi connectivity index (χ0v) is 14.4. The van der Waals surface area contributed by atoms with Crippen molar-refractivity contribution in [3.05, 3.63) is 36.7 Å². The third-order valence-electron chi connectivity index (χ3n) is 3.76. The van der Waals surface area contributed by atoms with Gasteiger partial charge in [0.1, 0.15) is 18.2 Å². The summed E-state index contributed by atoms with van der Waals surface area (Å²) in [6.07, 6.45) is 2.58. The number of aromatic nitrogens is 3. The van der Waals surface area contributed by atoms with Gasteiger partial charge in [-0.05, 0) is 12.1 Å². The Bertz CT molecular complexity index is 663. The quantitative estimate of drug-likeness (QED) is 0.637. The third kappa shape index (κ3) is 4.41. The molecule has 1 saturated heterocycles. The summed E-state index contributed by atoms with van der Waals surface area (Å²) in [5.41, 5.74) is 0. The average molecular weight is 347 g/mol. The molecule has 8 heteroatoms. The Morgan fingerprint density at radius 2 is 2.25 bits per heavy atom. The van der Waals surface area contributed by atoms with Crippen LogP contribution in [-0.4, -0.2) is 57.2 Å². The summed E-state index contributed by atoms with van der Waals surface area (Å²) < 4.78 is 7.76. The Morgan fingerprint density at radius 1 is 1.42 bits per heavy atom. The average Bonchev–Trinajstić information content (AvgIpc) is 3.22. The van der Waals surface area contributed by atoms with Crippen LogP contribution in [0.5, 0.6) is 5.75 Å². The van der Waals surface area contributed by atoms with Gasteiger partial charge in [0.2, 0.25) is 0 Å². The number of likely N-dealkylation sites (tertiary alicyclic amines) is 1. The molecule has 2 amide bonds. The van der Waals surface area contributed by atoms with Gasteiger partial charge in [-0.3, -0.25) is 0 Å². The smallest absolute Gasteiger partial charge is 0.317 e. The maximum Gasteiger partial charge on any atom is 0.317 e. The van der Waals surface area contributed by atoms with E-state index in [1.165, 1.54) is 0 Å². The highest BCUT2D eigenvalue weighted by molar-refractivity contribution is 7.99. The summed E-state index contributed by atoms with van der Waals surface area (Å²) in [5.74, 6) is 1.61. The van der Waals surface area contributed by atoms with Crippen molar-refractivity contribution in [2.24, 2.45) is 7.05 Å². The number of aryl methyl sites for hydroxylation is 1. The van der Waals surface area contributed by atoms with Crippen molar-refractivity contribution in [1.82, 2.24) is 25.0 Å². The molecule has 1 atom stereocenters. The summed E-state index contributed by atoms with van der Waals surface area (Å²) in [6, 6.07) is 9.69. The van der Waals surface area contributed by atoms with E-state index < -0.39 is 0 Å². The van der Waals surface area contributed by atoms with Crippen molar-refractivity contribution in [2.45, 2.75) is 17.7 Å². The number of urea groups is 1. The molecule has 0 saturated carbocycles. The topological polar surface area (TPSA) is 72.3 Å². The minimum absolute atomic E-state index is 0.0345. The van der Waals surface area contributed by atoms with Crippen LogP contribution in [0.4, 0.5) is 4.79 Å². The lowest BCUT2D eigenvalue weighted by Gasteiger charge is -2.18. The van der Waals surface area contributed by atoms with Crippen LogP contribution in [0.2, 0.25) is 0 Å². The summed E-state index contributed by atoms with van der Waals surface area (Å²) >= 11 is 1.57. The third-order valence-corrected chi connectivity index (χ3v) is 4.79. The van der Waals surface area contributed by atoms with E-state index in [0.29, 0.717) is 13.1 Å². The summed E-state index contributed by atoms with van der Waals surface area (Å²) in [6.45, 7) is 1.94. The number of amides is 2. The second-order valence-corrected chi connectivity index (χ2v) is 6.65. The van der Waals surface area contributed by atoms with Gasteiger partial charge in [0, 0.05) is 32.3 Å². The zero-order valence-electron chi connectivity index (χ0n) is 13.6. The first-order chi connectivity index (χ1) is 11.7. The van der Waals surface area contributed by atoms with E-state index in [1.807, 2.05) is 41.9 Å². The van der Waals surface area contributed by atoms with Crippen molar-refractivity contribution in [3.63, 3.8) is 0 Å². The van der Waals surface area contributed by atoms with Gasteiger partial charge in [-0.1, -0.05) is 30.0 Å². The van der Waals surface area contributed by atoms with Gasteiger partial charge in [0.25, 0.3) is 0 Å². The fraction of sp³-hybridized carbons (Fsp3) is 0.438. The number of hydrogen-bond acceptors (Lipinski definition) is 5. The van der Waals surface area contributed by atoms with Crippen LogP contribution in [0.25, 0.3) is 0 Å². The summed E-state index contributed by atoms with van der Waals surface area (Å²) in [5, 5.41) is 11.6. The Labute approximate surface area is 145 Å². The lowest BCUT2D eigenvalue weighted by molar-refractivity contribution is 0.187. The minimum atomic E-state index is -0.0345. The Balaban J connectivity index is 1.36. The van der Waals surface area contributed by atoms with Crippen molar-refractivity contribution in [1.29, 1.82) is 0 Å². The second kappa shape index (κ2) is 8.05. The maximum atomic E-state index is 12.2. The fourth-order valence-electron chi connectivity index (χ4n) is 2.52. The van der Waals surface area contributed by atoms with Gasteiger partial charge in [0.05, 0.1) is 6.54 Å². The number of nitrogens with one attached hydrogen (secondary N) is 1. The Morgan fingerprint density at radius 3 is 3.00 bits per heavy atom. The molecule has 0 aliphatic carbocycles. The predicted molar refractivity (Wildman–Crippen MR) is 92.2 cm³/mol. The van der Waals surface area contributed by atoms with Crippen molar-refractivity contribution >= 4 is 17.8 Å². The van der Waals surface area contributed by atoms with Gasteiger partial charge in [-0.15, -0.1) is 10.2 Å². The van der Waals surface area contributed by atoms with Crippen LogP contribution in [-0.2, 0) is 7.05 Å². The highest BCUT2D eigenvalue weighted by atomic mass is 32.2. The highest BCUT2D eigenvalue weighted by Gasteiger charge is 2.27. The van der Waals surface area contributed by atoms with Crippen molar-refractivity contribution < 1.29 is 9.53 Å². The predicted octanol–water partition coefficient (Wildman–Crippen LogP) is 1.77. The fourth-order valence-corrected chi connectivity index (χ4v) is 3.26. The lowest BCUT2D eigenvalue weighted by Crippen LogP contribution is -2.40. The number of benzene rings is 1. The SMILES string of the molecule is Cn1cnnc1SCCNC(=O)N1CC[C@H](Oc2ccccc2)C1. The molecule has 2 heterocycles. The number of nitrogens with zero attached hydrogens (tertiary/aromatic N) is 4. The molecule has 0 spiro atoms. The molecule has 1 N–H and O–H groups in total. The molecule has 7 nitrogen and oxygen atoms in total. The molecule has 1 aromatic heterocycles. The molecule has 1 aliphatic rings. The van der Waals surface area contributed by atoms with Crippen molar-refractivity contribution in [2.75, 3.05) is 25.4 Å². The van der Waals surface area contributed by atoms with Gasteiger partial charge in [0.15, 0.2) is 5.16 Å². The second-order valence-electron chi connectivity index (χ2n) is 5.59. The van der Waals surface area contributed by atoms with Crippen LogP contribution >= 0.6 is 11.8 Å². The summed E-state index contributed by atoms with van der Waals surface area (Å²) in [7, 11) is 1.90. The number of para-hydroxylation sites is 1. The Kier molecular flexibility index (Phi) is 5.58. The van der Waals surface area contributed by atoms with Gasteiger partial charge in [-0.2, -0.15) is 0 Å². The first-order valence-corrected chi connectivity index (χ1v) is 8.92. The lowest BCUT2D eigenvalue weighted by atomic mass is 10.3. The molecule has 0 bridgehead atoms. The van der Waals surface area contributed by atoms with Gasteiger partial charge in [-0.25, -0.2) is 4.79 Å². The standard InChI is InChI=1S/C16H21N5O2S/c1-20-12-18-19-16(20)24-10-8-17-15(22)21-9-7-14(11-21)23-13-5-3-2-4-6-13/h2-6,12,14H,7-11H2,1H3,(H,17,22)/t14-/m0/s1. The number of ether oxygens (including phenoxy) is 1. The normalized spacial score (nSPS) is 17.0. The van der Waals surface area contributed by atoms with E-state index >= 15 is 0 Å². The van der Waals surface area contributed by atoms with E-state index in [2.05, 4.69) is 15.5 Å².